The van der Waals surface area contributed by atoms with Gasteiger partial charge in [0.25, 0.3) is 0 Å². The lowest BCUT2D eigenvalue weighted by molar-refractivity contribution is -0.288. The molecule has 0 heterocycles. The van der Waals surface area contributed by atoms with E-state index in [2.05, 4.69) is 34.6 Å². The van der Waals surface area contributed by atoms with Gasteiger partial charge in [0.05, 0.1) is 0 Å². The van der Waals surface area contributed by atoms with E-state index < -0.39 is 5.79 Å². The molecule has 0 amide bonds. The number of hydrogen-bond acceptors (Lipinski definition) is 2. The quantitative estimate of drug-likeness (QED) is 0.612. The predicted molar refractivity (Wildman–Crippen MR) is 51.0 cm³/mol. The summed E-state index contributed by atoms with van der Waals surface area (Å²) in [6.07, 6.45) is 0. The molecule has 0 fully saturated rings. The Morgan fingerprint density at radius 2 is 1.25 bits per heavy atom. The molecule has 0 aliphatic rings. The molecule has 0 atom stereocenters. The van der Waals surface area contributed by atoms with E-state index in [1.54, 1.807) is 14.2 Å². The fraction of sp³-hybridized carbons (Fsp3) is 1.00. The van der Waals surface area contributed by atoms with Crippen LogP contribution in [0.25, 0.3) is 0 Å². The van der Waals surface area contributed by atoms with Crippen LogP contribution in [0.1, 0.15) is 34.6 Å². The van der Waals surface area contributed by atoms with Crippen LogP contribution in [0.4, 0.5) is 0 Å². The molecular formula is C10H22O2. The molecule has 0 saturated heterocycles. The highest BCUT2D eigenvalue weighted by Gasteiger charge is 2.45. The van der Waals surface area contributed by atoms with Crippen molar-refractivity contribution in [3.05, 3.63) is 0 Å². The van der Waals surface area contributed by atoms with Crippen LogP contribution in [0.3, 0.4) is 0 Å². The first kappa shape index (κ1) is 11.9. The van der Waals surface area contributed by atoms with Crippen molar-refractivity contribution in [3.8, 4) is 0 Å². The summed E-state index contributed by atoms with van der Waals surface area (Å²) in [6, 6.07) is 0. The van der Waals surface area contributed by atoms with Gasteiger partial charge in [-0.15, -0.1) is 0 Å². The molecule has 0 aromatic heterocycles. The highest BCUT2D eigenvalue weighted by atomic mass is 16.7. The molecule has 0 aromatic carbocycles. The molecule has 0 spiro atoms. The Hall–Kier alpha value is -0.0800. The van der Waals surface area contributed by atoms with Crippen molar-refractivity contribution in [2.45, 2.75) is 40.4 Å². The van der Waals surface area contributed by atoms with E-state index in [0.717, 1.165) is 0 Å². The van der Waals surface area contributed by atoms with Gasteiger partial charge < -0.3 is 9.47 Å². The molecule has 0 radical (unpaired) electrons. The second-order valence-electron chi connectivity index (χ2n) is 4.48. The first-order chi connectivity index (χ1) is 5.31. The van der Waals surface area contributed by atoms with Crippen molar-refractivity contribution in [2.24, 2.45) is 11.3 Å². The second-order valence-corrected chi connectivity index (χ2v) is 4.48. The molecule has 0 aromatic rings. The first-order valence-electron chi connectivity index (χ1n) is 4.42. The summed E-state index contributed by atoms with van der Waals surface area (Å²) in [5, 5.41) is 0. The molecule has 0 aliphatic carbocycles. The molecule has 12 heavy (non-hydrogen) atoms. The van der Waals surface area contributed by atoms with E-state index in [9.17, 15) is 0 Å². The molecule has 0 rings (SSSR count). The molecule has 0 N–H and O–H groups in total. The van der Waals surface area contributed by atoms with Crippen molar-refractivity contribution in [2.75, 3.05) is 14.2 Å². The highest BCUT2D eigenvalue weighted by Crippen LogP contribution is 2.39. The summed E-state index contributed by atoms with van der Waals surface area (Å²) in [7, 11) is 3.41. The lowest BCUT2D eigenvalue weighted by Crippen LogP contribution is -2.50. The maximum Gasteiger partial charge on any atom is 0.174 e. The normalized spacial score (nSPS) is 14.0. The van der Waals surface area contributed by atoms with Crippen LogP contribution in [0.5, 0.6) is 0 Å². The van der Waals surface area contributed by atoms with Gasteiger partial charge in [-0.25, -0.2) is 0 Å². The van der Waals surface area contributed by atoms with Gasteiger partial charge in [-0.2, -0.15) is 0 Å². The number of rotatable bonds is 3. The van der Waals surface area contributed by atoms with Crippen LogP contribution >= 0.6 is 0 Å². The monoisotopic (exact) mass is 174 g/mol. The van der Waals surface area contributed by atoms with Crippen LogP contribution < -0.4 is 0 Å². The van der Waals surface area contributed by atoms with E-state index in [1.807, 2.05) is 0 Å². The smallest absolute Gasteiger partial charge is 0.174 e. The minimum Gasteiger partial charge on any atom is -0.352 e. The van der Waals surface area contributed by atoms with Gasteiger partial charge in [-0.1, -0.05) is 34.6 Å². The lowest BCUT2D eigenvalue weighted by atomic mass is 9.78. The highest BCUT2D eigenvalue weighted by molar-refractivity contribution is 4.86. The molecule has 0 saturated carbocycles. The summed E-state index contributed by atoms with van der Waals surface area (Å²) in [4.78, 5) is 0. The van der Waals surface area contributed by atoms with Crippen LogP contribution in [0.2, 0.25) is 0 Å². The third kappa shape index (κ3) is 1.80. The fourth-order valence-electron chi connectivity index (χ4n) is 2.03. The summed E-state index contributed by atoms with van der Waals surface area (Å²) in [5.41, 5.74) is -0.00926. The van der Waals surface area contributed by atoms with Gasteiger partial charge >= 0.3 is 0 Å². The zero-order valence-electron chi connectivity index (χ0n) is 9.39. The van der Waals surface area contributed by atoms with Gasteiger partial charge in [0, 0.05) is 25.6 Å². The van der Waals surface area contributed by atoms with Gasteiger partial charge in [-0.05, 0) is 0 Å². The average Bonchev–Trinajstić information content (AvgIpc) is 1.87. The molecule has 74 valence electrons. The number of methoxy groups -OCH3 is 2. The Labute approximate surface area is 76.3 Å². The van der Waals surface area contributed by atoms with Crippen LogP contribution in [-0.4, -0.2) is 20.0 Å². The fourth-order valence-corrected chi connectivity index (χ4v) is 2.03. The Morgan fingerprint density at radius 1 is 0.917 bits per heavy atom. The molecule has 0 aliphatic heterocycles. The number of ether oxygens (including phenoxy) is 2. The Balaban J connectivity index is 4.83. The molecule has 2 nitrogen and oxygen atoms in total. The van der Waals surface area contributed by atoms with E-state index in [-0.39, 0.29) is 5.41 Å². The van der Waals surface area contributed by atoms with Crippen LogP contribution in [0.15, 0.2) is 0 Å². The van der Waals surface area contributed by atoms with E-state index in [4.69, 9.17) is 9.47 Å². The third-order valence-electron chi connectivity index (χ3n) is 2.41. The van der Waals surface area contributed by atoms with Gasteiger partial charge in [0.2, 0.25) is 0 Å². The molecule has 0 bridgehead atoms. The Bertz CT molecular complexity index is 129. The van der Waals surface area contributed by atoms with Crippen LogP contribution in [0, 0.1) is 11.3 Å². The van der Waals surface area contributed by atoms with Crippen LogP contribution in [-0.2, 0) is 9.47 Å². The van der Waals surface area contributed by atoms with Crippen molar-refractivity contribution in [1.82, 2.24) is 0 Å². The summed E-state index contributed by atoms with van der Waals surface area (Å²) in [5.74, 6) is -0.139. The lowest BCUT2D eigenvalue weighted by Gasteiger charge is -2.45. The summed E-state index contributed by atoms with van der Waals surface area (Å²) < 4.78 is 11.0. The largest absolute Gasteiger partial charge is 0.352 e. The molecule has 0 unspecified atom stereocenters. The average molecular weight is 174 g/mol. The SMILES string of the molecule is COC(OC)(C(C)C)C(C)(C)C. The minimum absolute atomic E-state index is 0.00926. The van der Waals surface area contributed by atoms with Gasteiger partial charge in [0.15, 0.2) is 5.79 Å². The Morgan fingerprint density at radius 3 is 1.25 bits per heavy atom. The third-order valence-corrected chi connectivity index (χ3v) is 2.41. The molecular weight excluding hydrogens is 152 g/mol. The number of hydrogen-bond donors (Lipinski definition) is 0. The topological polar surface area (TPSA) is 18.5 Å². The van der Waals surface area contributed by atoms with Gasteiger partial charge in [0.1, 0.15) is 0 Å². The predicted octanol–water partition coefficient (Wildman–Crippen LogP) is 2.68. The standard InChI is InChI=1S/C10H22O2/c1-8(2)10(11-6,12-7)9(3,4)5/h8H,1-7H3. The van der Waals surface area contributed by atoms with Crippen molar-refractivity contribution in [1.29, 1.82) is 0 Å². The van der Waals surface area contributed by atoms with Gasteiger partial charge in [-0.3, -0.25) is 0 Å². The maximum atomic E-state index is 5.49. The van der Waals surface area contributed by atoms with E-state index >= 15 is 0 Å². The second kappa shape index (κ2) is 3.75. The van der Waals surface area contributed by atoms with E-state index in [0.29, 0.717) is 5.92 Å². The first-order valence-corrected chi connectivity index (χ1v) is 4.42. The summed E-state index contributed by atoms with van der Waals surface area (Å²) >= 11 is 0. The summed E-state index contributed by atoms with van der Waals surface area (Å²) in [6.45, 7) is 10.6. The zero-order valence-corrected chi connectivity index (χ0v) is 9.39. The van der Waals surface area contributed by atoms with Crippen molar-refractivity contribution >= 4 is 0 Å². The zero-order chi connectivity index (χ0) is 9.99. The van der Waals surface area contributed by atoms with Crippen molar-refractivity contribution < 1.29 is 9.47 Å². The molecule has 2 heteroatoms. The van der Waals surface area contributed by atoms with Crippen molar-refractivity contribution in [3.63, 3.8) is 0 Å². The Kier molecular flexibility index (Phi) is 3.73. The minimum atomic E-state index is -0.479. The van der Waals surface area contributed by atoms with E-state index in [1.165, 1.54) is 0 Å². The maximum absolute atomic E-state index is 5.49.